The second-order valence-corrected chi connectivity index (χ2v) is 23.4. The number of hydrogen-bond acceptors (Lipinski definition) is 16. The van der Waals surface area contributed by atoms with E-state index in [1.54, 1.807) is 29.9 Å². The maximum Gasteiger partial charge on any atom is 0.246 e. The molecule has 0 spiro atoms. The van der Waals surface area contributed by atoms with Crippen LogP contribution in [0.2, 0.25) is 0 Å². The van der Waals surface area contributed by atoms with Crippen molar-refractivity contribution in [2.75, 3.05) is 85.6 Å². The molecule has 19 nitrogen and oxygen atoms in total. The summed E-state index contributed by atoms with van der Waals surface area (Å²) in [5.41, 5.74) is 11.0. The van der Waals surface area contributed by atoms with Crippen molar-refractivity contribution in [2.24, 2.45) is 5.41 Å². The number of aromatic nitrogens is 4. The summed E-state index contributed by atoms with van der Waals surface area (Å²) in [5.74, 6) is -0.0844. The molecule has 6 aromatic rings. The first kappa shape index (κ1) is 66.4. The van der Waals surface area contributed by atoms with Crippen molar-refractivity contribution < 1.29 is 48.0 Å². The number of Topliss-reactive ketones (excluding diaryl/α,β-unsaturated/α-hetero) is 1. The van der Waals surface area contributed by atoms with Crippen LogP contribution in [0.3, 0.4) is 0 Å². The van der Waals surface area contributed by atoms with Crippen molar-refractivity contribution in [3.05, 3.63) is 154 Å². The van der Waals surface area contributed by atoms with Crippen LogP contribution < -0.4 is 10.6 Å². The number of β-amino-alcohol motifs (C(OH)–C–C–N with tert-alkyl or cyclic N) is 1. The molecule has 8 rings (SSSR count). The molecule has 20 heteroatoms. The molecule has 0 bridgehead atoms. The Morgan fingerprint density at radius 2 is 1.43 bits per heavy atom. The molecular formula is C66H85N9O10S. The quantitative estimate of drug-likeness (QED) is 0.0317. The van der Waals surface area contributed by atoms with Gasteiger partial charge in [-0.1, -0.05) is 87.5 Å². The molecular weight excluding hydrogens is 1110 g/mol. The van der Waals surface area contributed by atoms with Crippen LogP contribution in [0.25, 0.3) is 21.7 Å². The molecule has 3 atom stereocenters. The third-order valence-electron chi connectivity index (χ3n) is 15.0. The number of amides is 4. The Kier molecular flexibility index (Phi) is 26.0. The largest absolute Gasteiger partial charge is 0.391 e. The highest BCUT2D eigenvalue weighted by Crippen LogP contribution is 2.29. The molecule has 0 unspecified atom stereocenters. The number of pyridine rings is 1. The third-order valence-corrected chi connectivity index (χ3v) is 16.0. The molecule has 3 aromatic carbocycles. The van der Waals surface area contributed by atoms with E-state index >= 15 is 0 Å². The number of nitrogens with zero attached hydrogens (tertiary/aromatic N) is 7. The summed E-state index contributed by atoms with van der Waals surface area (Å²) in [6.07, 6.45) is 6.06. The van der Waals surface area contributed by atoms with Crippen LogP contribution >= 0.6 is 11.3 Å². The zero-order valence-corrected chi connectivity index (χ0v) is 51.7. The average Bonchev–Trinajstić information content (AvgIpc) is 2.59. The normalized spacial score (nSPS) is 15.6. The summed E-state index contributed by atoms with van der Waals surface area (Å²) < 4.78 is 21.4. The fourth-order valence-electron chi connectivity index (χ4n) is 10.1. The van der Waals surface area contributed by atoms with E-state index in [9.17, 15) is 29.1 Å². The highest BCUT2D eigenvalue weighted by molar-refractivity contribution is 7.13. The number of thiazole rings is 1. The van der Waals surface area contributed by atoms with Gasteiger partial charge in [-0.2, -0.15) is 0 Å². The standard InChI is InChI=1S/C37H43N5O4.C29H42N4O6S/c1-3-45-21-22-46-20-13-37(44)42-18-16-41(17-19-42)27-29-8-10-31(11-9-29)35(43)24-30-7-6-28(2)33(23-30)25-36-39-15-12-34(40-36)32-5-4-14-38-26-32;1-6-38-13-14-39-12-11-24(35)32-26(29(3,4)5)28(37)33-17-22(34)15-23(33)27(36)30-16-20-7-9-21(10-8-20)25-19(2)31-18-40-25/h4-12,14-15,23,26H,3,13,16-22,24-25,27H2,1-2H3;7-10,18,22-23,26,34H,6,11-17H2,1-5H3,(H,30,36)(H,32,35)/t;22-,23+,26-/m.1/s1. The fourth-order valence-corrected chi connectivity index (χ4v) is 10.9. The Balaban J connectivity index is 0.000000249. The van der Waals surface area contributed by atoms with Gasteiger partial charge in [0.1, 0.15) is 17.9 Å². The van der Waals surface area contributed by atoms with Gasteiger partial charge in [-0.3, -0.25) is 33.9 Å². The number of carbonyl (C=O) groups excluding carboxylic acids is 5. The lowest BCUT2D eigenvalue weighted by Crippen LogP contribution is -2.57. The van der Waals surface area contributed by atoms with Crippen molar-refractivity contribution in [2.45, 2.75) is 112 Å². The lowest BCUT2D eigenvalue weighted by molar-refractivity contribution is -0.144. The Labute approximate surface area is 510 Å². The molecule has 2 aliphatic heterocycles. The Hall–Kier alpha value is -7.17. The predicted molar refractivity (Wildman–Crippen MR) is 331 cm³/mol. The minimum Gasteiger partial charge on any atom is -0.391 e. The van der Waals surface area contributed by atoms with Gasteiger partial charge < -0.3 is 44.5 Å². The predicted octanol–water partition coefficient (Wildman–Crippen LogP) is 7.62. The first-order valence-electron chi connectivity index (χ1n) is 29.8. The second kappa shape index (κ2) is 33.7. The van der Waals surface area contributed by atoms with Crippen molar-refractivity contribution in [3.8, 4) is 21.7 Å². The second-order valence-electron chi connectivity index (χ2n) is 22.6. The number of carbonyl (C=O) groups is 5. The van der Waals surface area contributed by atoms with Gasteiger partial charge in [0, 0.05) is 114 Å². The van der Waals surface area contributed by atoms with Gasteiger partial charge in [0.05, 0.1) is 73.9 Å². The van der Waals surface area contributed by atoms with Crippen molar-refractivity contribution in [3.63, 3.8) is 0 Å². The van der Waals surface area contributed by atoms with E-state index in [-0.39, 0.29) is 62.0 Å². The summed E-state index contributed by atoms with van der Waals surface area (Å²) in [5, 5.41) is 16.1. The van der Waals surface area contributed by atoms with Crippen molar-refractivity contribution in [1.29, 1.82) is 0 Å². The number of nitrogens with one attached hydrogen (secondary N) is 2. The SMILES string of the molecule is CCOCCOCCC(=O)N1CCN(Cc2ccc(C(=O)Cc3ccc(C)c(Cc4nccc(-c5cccnc5)n4)c3)cc2)CC1.CCOCCOCCC(=O)N[C@H](C(=O)N1C[C@H](O)C[C@H]1C(=O)NCc1ccc(-c2scnc2C)cc1)C(C)(C)C. The molecule has 3 N–H and O–H groups in total. The minimum absolute atomic E-state index is 0.0306. The lowest BCUT2D eigenvalue weighted by atomic mass is 9.85. The van der Waals surface area contributed by atoms with Crippen molar-refractivity contribution >= 4 is 40.7 Å². The number of aliphatic hydroxyl groups excluding tert-OH is 1. The summed E-state index contributed by atoms with van der Waals surface area (Å²) in [6.45, 7) is 21.5. The number of rotatable bonds is 28. The number of aryl methyl sites for hydroxylation is 2. The molecule has 86 heavy (non-hydrogen) atoms. The maximum atomic E-state index is 13.7. The van der Waals surface area contributed by atoms with E-state index in [0.29, 0.717) is 71.1 Å². The summed E-state index contributed by atoms with van der Waals surface area (Å²) in [7, 11) is 0. The zero-order chi connectivity index (χ0) is 61.4. The number of ether oxygens (including phenoxy) is 4. The summed E-state index contributed by atoms with van der Waals surface area (Å²) in [4.78, 5) is 89.7. The van der Waals surface area contributed by atoms with Crippen LogP contribution in [0.4, 0.5) is 0 Å². The molecule has 2 fully saturated rings. The monoisotopic (exact) mass is 1200 g/mol. The summed E-state index contributed by atoms with van der Waals surface area (Å²) >= 11 is 1.58. The van der Waals surface area contributed by atoms with Gasteiger partial charge in [-0.05, 0) is 84.7 Å². The van der Waals surface area contributed by atoms with Crippen LogP contribution in [0, 0.1) is 19.3 Å². The number of piperazine rings is 1. The third kappa shape index (κ3) is 20.5. The number of benzene rings is 3. The molecule has 5 heterocycles. The molecule has 2 saturated heterocycles. The topological polar surface area (TPSA) is 228 Å². The number of likely N-dealkylation sites (tertiary alicyclic amines) is 1. The number of ketones is 1. The summed E-state index contributed by atoms with van der Waals surface area (Å²) in [6, 6.07) is 26.1. The lowest BCUT2D eigenvalue weighted by Gasteiger charge is -2.35. The minimum atomic E-state index is -0.869. The first-order chi connectivity index (χ1) is 41.5. The molecule has 2 aliphatic rings. The van der Waals surface area contributed by atoms with E-state index in [1.165, 1.54) is 4.90 Å². The smallest absolute Gasteiger partial charge is 0.246 e. The molecule has 0 saturated carbocycles. The Morgan fingerprint density at radius 1 is 0.756 bits per heavy atom. The van der Waals surface area contributed by atoms with Gasteiger partial charge in [-0.25, -0.2) is 15.0 Å². The first-order valence-corrected chi connectivity index (χ1v) is 30.7. The van der Waals surface area contributed by atoms with E-state index in [2.05, 4.69) is 49.5 Å². The highest BCUT2D eigenvalue weighted by atomic mass is 32.1. The van der Waals surface area contributed by atoms with E-state index < -0.39 is 23.6 Å². The van der Waals surface area contributed by atoms with Gasteiger partial charge in [-0.15, -0.1) is 11.3 Å². The molecule has 3 aromatic heterocycles. The average molecular weight is 1200 g/mol. The van der Waals surface area contributed by atoms with Gasteiger partial charge >= 0.3 is 0 Å². The highest BCUT2D eigenvalue weighted by Gasteiger charge is 2.44. The van der Waals surface area contributed by atoms with E-state index in [1.807, 2.05) is 125 Å². The van der Waals surface area contributed by atoms with E-state index in [0.717, 1.165) is 93.8 Å². The molecule has 4 amide bonds. The van der Waals surface area contributed by atoms with E-state index in [4.69, 9.17) is 23.9 Å². The Morgan fingerprint density at radius 3 is 2.08 bits per heavy atom. The van der Waals surface area contributed by atoms with Crippen LogP contribution in [0.15, 0.2) is 109 Å². The van der Waals surface area contributed by atoms with Gasteiger partial charge in [0.15, 0.2) is 5.78 Å². The number of hydrogen-bond donors (Lipinski definition) is 3. The van der Waals surface area contributed by atoms with Gasteiger partial charge in [0.25, 0.3) is 0 Å². The van der Waals surface area contributed by atoms with Crippen molar-refractivity contribution in [1.82, 2.24) is 45.3 Å². The van der Waals surface area contributed by atoms with Crippen LogP contribution in [-0.4, -0.2) is 173 Å². The van der Waals surface area contributed by atoms with Crippen LogP contribution in [0.1, 0.15) is 104 Å². The molecule has 460 valence electrons. The maximum absolute atomic E-state index is 13.7. The van der Waals surface area contributed by atoms with Crippen LogP contribution in [0.5, 0.6) is 0 Å². The molecule has 0 radical (unpaired) electrons. The fraction of sp³-hybridized carbons (Fsp3) is 0.470. The molecule has 0 aliphatic carbocycles. The Bertz CT molecular complexity index is 3110. The van der Waals surface area contributed by atoms with Gasteiger partial charge in [0.2, 0.25) is 23.6 Å². The zero-order valence-electron chi connectivity index (χ0n) is 50.9. The van der Waals surface area contributed by atoms with Crippen LogP contribution in [-0.2, 0) is 64.1 Å². The number of aliphatic hydroxyl groups is 1.